The third kappa shape index (κ3) is 2.45. The largest absolute Gasteiger partial charge is 0.340 e. The van der Waals surface area contributed by atoms with Crippen LogP contribution < -0.4 is 5.32 Å². The summed E-state index contributed by atoms with van der Waals surface area (Å²) in [5.74, 6) is -0.148. The summed E-state index contributed by atoms with van der Waals surface area (Å²) in [6.45, 7) is 5.69. The van der Waals surface area contributed by atoms with Crippen LogP contribution in [-0.4, -0.2) is 33.8 Å². The second kappa shape index (κ2) is 4.99. The van der Waals surface area contributed by atoms with Gasteiger partial charge in [-0.1, -0.05) is 13.0 Å². The summed E-state index contributed by atoms with van der Waals surface area (Å²) in [5, 5.41) is 2.78. The number of pyridine rings is 1. The first-order valence-electron chi connectivity index (χ1n) is 6.50. The molecule has 1 aromatic rings. The zero-order valence-corrected chi connectivity index (χ0v) is 11.5. The van der Waals surface area contributed by atoms with E-state index < -0.39 is 5.54 Å². The molecule has 0 aromatic carbocycles. The fourth-order valence-electron chi connectivity index (χ4n) is 2.30. The highest BCUT2D eigenvalue weighted by Gasteiger charge is 2.43. The average Bonchev–Trinajstić information content (AvgIpc) is 2.43. The van der Waals surface area contributed by atoms with Crippen LogP contribution in [0, 0.1) is 0 Å². The lowest BCUT2D eigenvalue weighted by Crippen LogP contribution is -2.65. The first-order chi connectivity index (χ1) is 8.98. The van der Waals surface area contributed by atoms with Crippen molar-refractivity contribution in [1.82, 2.24) is 15.2 Å². The van der Waals surface area contributed by atoms with Gasteiger partial charge in [-0.2, -0.15) is 0 Å². The lowest BCUT2D eigenvalue weighted by molar-refractivity contribution is -0.151. The Morgan fingerprint density at radius 3 is 2.84 bits per heavy atom. The highest BCUT2D eigenvalue weighted by atomic mass is 16.2. The zero-order chi connectivity index (χ0) is 14.0. The minimum atomic E-state index is -0.800. The Balaban J connectivity index is 2.28. The van der Waals surface area contributed by atoms with Crippen LogP contribution in [0.1, 0.15) is 38.8 Å². The number of amides is 2. The Labute approximate surface area is 113 Å². The molecule has 0 radical (unpaired) electrons. The van der Waals surface area contributed by atoms with E-state index in [4.69, 9.17) is 0 Å². The van der Waals surface area contributed by atoms with Crippen molar-refractivity contribution in [2.45, 2.75) is 38.8 Å². The lowest BCUT2D eigenvalue weighted by Gasteiger charge is -2.42. The molecule has 0 saturated carbocycles. The molecule has 1 aliphatic heterocycles. The van der Waals surface area contributed by atoms with Gasteiger partial charge in [0.1, 0.15) is 12.1 Å². The third-order valence-electron chi connectivity index (χ3n) is 3.80. The van der Waals surface area contributed by atoms with Crippen molar-refractivity contribution in [2.24, 2.45) is 0 Å². The minimum Gasteiger partial charge on any atom is -0.340 e. The predicted octanol–water partition coefficient (Wildman–Crippen LogP) is 1.27. The van der Waals surface area contributed by atoms with E-state index in [1.807, 2.05) is 26.0 Å². The Bertz CT molecular complexity index is 489. The van der Waals surface area contributed by atoms with E-state index in [1.165, 1.54) is 0 Å². The smallest absolute Gasteiger partial charge is 0.248 e. The number of nitrogens with one attached hydrogen (secondary N) is 1. The molecule has 1 aliphatic rings. The highest BCUT2D eigenvalue weighted by molar-refractivity contribution is 5.97. The topological polar surface area (TPSA) is 62.3 Å². The summed E-state index contributed by atoms with van der Waals surface area (Å²) in [6, 6.07) is 3.60. The zero-order valence-electron chi connectivity index (χ0n) is 11.5. The van der Waals surface area contributed by atoms with E-state index in [0.717, 1.165) is 5.56 Å². The molecule has 0 bridgehead atoms. The fourth-order valence-corrected chi connectivity index (χ4v) is 2.30. The highest BCUT2D eigenvalue weighted by Crippen LogP contribution is 2.26. The number of aromatic nitrogens is 1. The van der Waals surface area contributed by atoms with Gasteiger partial charge >= 0.3 is 0 Å². The Morgan fingerprint density at radius 1 is 1.53 bits per heavy atom. The molecular formula is C14H19N3O2. The van der Waals surface area contributed by atoms with Crippen molar-refractivity contribution in [3.63, 3.8) is 0 Å². The molecule has 0 spiro atoms. The average molecular weight is 261 g/mol. The van der Waals surface area contributed by atoms with Crippen LogP contribution >= 0.6 is 0 Å². The van der Waals surface area contributed by atoms with Gasteiger partial charge in [-0.15, -0.1) is 0 Å². The molecule has 2 atom stereocenters. The molecule has 1 fully saturated rings. The molecule has 19 heavy (non-hydrogen) atoms. The number of rotatable bonds is 3. The molecule has 2 unspecified atom stereocenters. The normalized spacial score (nSPS) is 25.1. The van der Waals surface area contributed by atoms with Gasteiger partial charge < -0.3 is 10.2 Å². The molecule has 5 nitrogen and oxygen atoms in total. The number of nitrogens with zero attached hydrogens (tertiary/aromatic N) is 2. The number of carbonyl (C=O) groups excluding carboxylic acids is 2. The van der Waals surface area contributed by atoms with Gasteiger partial charge in [0.2, 0.25) is 11.8 Å². The first kappa shape index (κ1) is 13.5. The van der Waals surface area contributed by atoms with Gasteiger partial charge in [-0.05, 0) is 31.9 Å². The SMILES string of the molecule is CCC1(C)NC(=O)CN(C(C)c2cccnc2)C1=O. The number of hydrogen-bond donors (Lipinski definition) is 1. The van der Waals surface area contributed by atoms with Crippen molar-refractivity contribution < 1.29 is 9.59 Å². The summed E-state index contributed by atoms with van der Waals surface area (Å²) < 4.78 is 0. The maximum atomic E-state index is 12.5. The summed E-state index contributed by atoms with van der Waals surface area (Å²) in [7, 11) is 0. The Kier molecular flexibility index (Phi) is 3.55. The quantitative estimate of drug-likeness (QED) is 0.891. The van der Waals surface area contributed by atoms with Crippen LogP contribution in [0.2, 0.25) is 0 Å². The van der Waals surface area contributed by atoms with Gasteiger partial charge in [-0.3, -0.25) is 14.6 Å². The third-order valence-corrected chi connectivity index (χ3v) is 3.80. The molecule has 0 aliphatic carbocycles. The molecule has 1 N–H and O–H groups in total. The summed E-state index contributed by atoms with van der Waals surface area (Å²) in [6.07, 6.45) is 4.00. The summed E-state index contributed by atoms with van der Waals surface area (Å²) >= 11 is 0. The monoisotopic (exact) mass is 261 g/mol. The molecule has 1 aromatic heterocycles. The second-order valence-electron chi connectivity index (χ2n) is 5.13. The van der Waals surface area contributed by atoms with E-state index in [0.29, 0.717) is 6.42 Å². The van der Waals surface area contributed by atoms with Gasteiger partial charge in [0.25, 0.3) is 0 Å². The minimum absolute atomic E-state index is 0.0362. The number of carbonyl (C=O) groups is 2. The van der Waals surface area contributed by atoms with Crippen molar-refractivity contribution in [3.8, 4) is 0 Å². The van der Waals surface area contributed by atoms with Gasteiger partial charge in [-0.25, -0.2) is 0 Å². The molecule has 2 heterocycles. The van der Waals surface area contributed by atoms with Crippen LogP contribution in [0.4, 0.5) is 0 Å². The molecule has 1 saturated heterocycles. The molecule has 2 amide bonds. The van der Waals surface area contributed by atoms with Crippen molar-refractivity contribution >= 4 is 11.8 Å². The van der Waals surface area contributed by atoms with Crippen LogP contribution in [-0.2, 0) is 9.59 Å². The van der Waals surface area contributed by atoms with E-state index in [1.54, 1.807) is 24.2 Å². The molecule has 102 valence electrons. The van der Waals surface area contributed by atoms with Gasteiger partial charge in [0.15, 0.2) is 0 Å². The van der Waals surface area contributed by atoms with Crippen LogP contribution in [0.5, 0.6) is 0 Å². The summed E-state index contributed by atoms with van der Waals surface area (Å²) in [5.41, 5.74) is 0.134. The maximum absolute atomic E-state index is 12.5. The summed E-state index contributed by atoms with van der Waals surface area (Å²) in [4.78, 5) is 30.0. The lowest BCUT2D eigenvalue weighted by atomic mass is 9.92. The molecule has 5 heteroatoms. The van der Waals surface area contributed by atoms with E-state index >= 15 is 0 Å². The van der Waals surface area contributed by atoms with Gasteiger partial charge in [0, 0.05) is 12.4 Å². The second-order valence-corrected chi connectivity index (χ2v) is 5.13. The van der Waals surface area contributed by atoms with Gasteiger partial charge in [0.05, 0.1) is 6.04 Å². The van der Waals surface area contributed by atoms with Crippen molar-refractivity contribution in [1.29, 1.82) is 0 Å². The van der Waals surface area contributed by atoms with Crippen LogP contribution in [0.3, 0.4) is 0 Å². The van der Waals surface area contributed by atoms with Crippen LogP contribution in [0.25, 0.3) is 0 Å². The maximum Gasteiger partial charge on any atom is 0.248 e. The van der Waals surface area contributed by atoms with E-state index in [2.05, 4.69) is 10.3 Å². The Morgan fingerprint density at radius 2 is 2.26 bits per heavy atom. The Hall–Kier alpha value is -1.91. The van der Waals surface area contributed by atoms with Crippen molar-refractivity contribution in [2.75, 3.05) is 6.54 Å². The number of piperazine rings is 1. The standard InChI is InChI=1S/C14H19N3O2/c1-4-14(3)13(19)17(9-12(18)16-14)10(2)11-6-5-7-15-8-11/h5-8,10H,4,9H2,1-3H3,(H,16,18). The molecular weight excluding hydrogens is 242 g/mol. The van der Waals surface area contributed by atoms with Crippen LogP contribution in [0.15, 0.2) is 24.5 Å². The van der Waals surface area contributed by atoms with E-state index in [-0.39, 0.29) is 24.4 Å². The van der Waals surface area contributed by atoms with Crippen molar-refractivity contribution in [3.05, 3.63) is 30.1 Å². The van der Waals surface area contributed by atoms with E-state index in [9.17, 15) is 9.59 Å². The molecule has 2 rings (SSSR count). The first-order valence-corrected chi connectivity index (χ1v) is 6.50. The predicted molar refractivity (Wildman–Crippen MR) is 71.2 cm³/mol. The number of hydrogen-bond acceptors (Lipinski definition) is 3. The fraction of sp³-hybridized carbons (Fsp3) is 0.500.